The number of hydrogen-bond acceptors (Lipinski definition) is 2. The summed E-state index contributed by atoms with van der Waals surface area (Å²) in [5.74, 6) is 0. The Hall–Kier alpha value is -5.59. The van der Waals surface area contributed by atoms with E-state index in [4.69, 9.17) is 0 Å². The van der Waals surface area contributed by atoms with Crippen molar-refractivity contribution in [1.29, 1.82) is 5.26 Å². The van der Waals surface area contributed by atoms with E-state index in [1.807, 2.05) is 18.2 Å². The summed E-state index contributed by atoms with van der Waals surface area (Å²) < 4.78 is 2.30. The van der Waals surface area contributed by atoms with Crippen LogP contribution in [0.15, 0.2) is 140 Å². The molecule has 0 spiro atoms. The van der Waals surface area contributed by atoms with Gasteiger partial charge in [0.05, 0.1) is 22.7 Å². The van der Waals surface area contributed by atoms with E-state index in [-0.39, 0.29) is 0 Å². The van der Waals surface area contributed by atoms with E-state index in [1.165, 1.54) is 27.4 Å². The molecule has 0 radical (unpaired) electrons. The Balaban J connectivity index is 1.36. The summed E-state index contributed by atoms with van der Waals surface area (Å²) in [6.07, 6.45) is 0. The molecule has 0 aliphatic rings. The van der Waals surface area contributed by atoms with Gasteiger partial charge < -0.3 is 9.47 Å². The summed E-state index contributed by atoms with van der Waals surface area (Å²) in [4.78, 5) is 2.27. The highest BCUT2D eigenvalue weighted by Crippen LogP contribution is 2.38. The van der Waals surface area contributed by atoms with Gasteiger partial charge in [0, 0.05) is 33.5 Å². The summed E-state index contributed by atoms with van der Waals surface area (Å²) in [6, 6.07) is 51.1. The van der Waals surface area contributed by atoms with E-state index in [0.29, 0.717) is 5.56 Å². The fourth-order valence-electron chi connectivity index (χ4n) is 6.02. The molecule has 0 fully saturated rings. The largest absolute Gasteiger partial charge is 0.310 e. The van der Waals surface area contributed by atoms with Crippen molar-refractivity contribution in [2.75, 3.05) is 4.90 Å². The Kier molecular flexibility index (Phi) is 6.30. The van der Waals surface area contributed by atoms with Crippen LogP contribution in [-0.4, -0.2) is 4.57 Å². The van der Waals surface area contributed by atoms with Crippen LogP contribution in [0.3, 0.4) is 0 Å². The number of aryl methyl sites for hydroxylation is 2. The highest BCUT2D eigenvalue weighted by molar-refractivity contribution is 6.10. The maximum atomic E-state index is 10.0. The first-order chi connectivity index (χ1) is 20.6. The second kappa shape index (κ2) is 10.4. The number of fused-ring (bicyclic) bond motifs is 3. The first kappa shape index (κ1) is 25.4. The van der Waals surface area contributed by atoms with Gasteiger partial charge in [-0.05, 0) is 96.8 Å². The van der Waals surface area contributed by atoms with Crippen molar-refractivity contribution in [3.63, 3.8) is 0 Å². The lowest BCUT2D eigenvalue weighted by atomic mass is 10.0. The van der Waals surface area contributed by atoms with Gasteiger partial charge in [-0.2, -0.15) is 5.26 Å². The van der Waals surface area contributed by atoms with E-state index < -0.39 is 0 Å². The number of aromatic nitrogens is 1. The zero-order valence-electron chi connectivity index (χ0n) is 23.6. The van der Waals surface area contributed by atoms with Crippen LogP contribution >= 0.6 is 0 Å². The second-order valence-corrected chi connectivity index (χ2v) is 10.8. The van der Waals surface area contributed by atoms with Crippen LogP contribution in [0.2, 0.25) is 0 Å². The molecule has 200 valence electrons. The molecule has 42 heavy (non-hydrogen) atoms. The average Bonchev–Trinajstić information content (AvgIpc) is 3.38. The van der Waals surface area contributed by atoms with Crippen molar-refractivity contribution in [2.45, 2.75) is 13.8 Å². The molecule has 0 unspecified atom stereocenters. The second-order valence-electron chi connectivity index (χ2n) is 10.8. The topological polar surface area (TPSA) is 32.0 Å². The van der Waals surface area contributed by atoms with Crippen LogP contribution in [0, 0.1) is 25.2 Å². The van der Waals surface area contributed by atoms with Crippen LogP contribution in [0.1, 0.15) is 16.7 Å². The SMILES string of the molecule is Cc1cccc(N(c2ccccc2)c2ccc(-c3cc(C#N)cc(-n4c5ccccc5c5cccc(C)c54)c3)cc2)c1. The Labute approximate surface area is 246 Å². The molecule has 0 atom stereocenters. The van der Waals surface area contributed by atoms with Crippen molar-refractivity contribution in [1.82, 2.24) is 4.57 Å². The lowest BCUT2D eigenvalue weighted by Crippen LogP contribution is -2.09. The molecule has 0 bridgehead atoms. The Morgan fingerprint density at radius 1 is 0.571 bits per heavy atom. The number of para-hydroxylation sites is 3. The monoisotopic (exact) mass is 539 g/mol. The fraction of sp³-hybridized carbons (Fsp3) is 0.0513. The van der Waals surface area contributed by atoms with E-state index >= 15 is 0 Å². The highest BCUT2D eigenvalue weighted by Gasteiger charge is 2.16. The number of benzene rings is 6. The number of nitrogens with zero attached hydrogens (tertiary/aromatic N) is 3. The maximum absolute atomic E-state index is 10.0. The first-order valence-corrected chi connectivity index (χ1v) is 14.2. The first-order valence-electron chi connectivity index (χ1n) is 14.2. The number of nitriles is 1. The van der Waals surface area contributed by atoms with Crippen LogP contribution in [-0.2, 0) is 0 Å². The van der Waals surface area contributed by atoms with E-state index in [1.54, 1.807) is 0 Å². The molecule has 0 saturated heterocycles. The van der Waals surface area contributed by atoms with Gasteiger partial charge in [-0.1, -0.05) is 78.9 Å². The molecule has 3 nitrogen and oxygen atoms in total. The fourth-order valence-corrected chi connectivity index (χ4v) is 6.02. The van der Waals surface area contributed by atoms with Gasteiger partial charge in [-0.3, -0.25) is 0 Å². The molecule has 3 heteroatoms. The van der Waals surface area contributed by atoms with Crippen molar-refractivity contribution in [3.8, 4) is 22.9 Å². The molecule has 0 aliphatic heterocycles. The third kappa shape index (κ3) is 4.40. The summed E-state index contributed by atoms with van der Waals surface area (Å²) in [6.45, 7) is 4.27. The molecule has 0 amide bonds. The average molecular weight is 540 g/mol. The zero-order valence-corrected chi connectivity index (χ0v) is 23.6. The molecule has 1 heterocycles. The van der Waals surface area contributed by atoms with Crippen molar-refractivity contribution < 1.29 is 0 Å². The van der Waals surface area contributed by atoms with Gasteiger partial charge in [0.15, 0.2) is 0 Å². The Morgan fingerprint density at radius 2 is 1.26 bits per heavy atom. The van der Waals surface area contributed by atoms with E-state index in [0.717, 1.165) is 39.4 Å². The summed E-state index contributed by atoms with van der Waals surface area (Å²) in [5.41, 5.74) is 11.7. The third-order valence-electron chi connectivity index (χ3n) is 7.93. The van der Waals surface area contributed by atoms with E-state index in [2.05, 4.69) is 151 Å². The summed E-state index contributed by atoms with van der Waals surface area (Å²) in [5, 5.41) is 12.5. The smallest absolute Gasteiger partial charge is 0.0992 e. The standard InChI is InChI=1S/C39H29N3/c1-27-10-8-14-34(22-27)41(32-12-4-3-5-13-32)33-20-18-30(19-21-33)31-23-29(26-40)24-35(25-31)42-38-17-7-6-15-36(38)37-16-9-11-28(2)39(37)42/h3-25H,1-2H3. The minimum absolute atomic E-state index is 0.636. The molecular weight excluding hydrogens is 510 g/mol. The third-order valence-corrected chi connectivity index (χ3v) is 7.93. The molecule has 7 aromatic rings. The van der Waals surface area contributed by atoms with Gasteiger partial charge in [-0.25, -0.2) is 0 Å². The van der Waals surface area contributed by atoms with Gasteiger partial charge in [0.1, 0.15) is 0 Å². The Bertz CT molecular complexity index is 2110. The molecule has 6 aromatic carbocycles. The minimum atomic E-state index is 0.636. The van der Waals surface area contributed by atoms with Crippen LogP contribution < -0.4 is 4.90 Å². The van der Waals surface area contributed by atoms with Crippen LogP contribution in [0.5, 0.6) is 0 Å². The molecular formula is C39H29N3. The predicted octanol–water partition coefficient (Wildman–Crippen LogP) is 10.4. The number of anilines is 3. The lowest BCUT2D eigenvalue weighted by Gasteiger charge is -2.26. The lowest BCUT2D eigenvalue weighted by molar-refractivity contribution is 1.17. The molecule has 0 aliphatic carbocycles. The van der Waals surface area contributed by atoms with Crippen LogP contribution in [0.4, 0.5) is 17.1 Å². The van der Waals surface area contributed by atoms with Crippen molar-refractivity contribution in [2.24, 2.45) is 0 Å². The molecule has 0 N–H and O–H groups in total. The quantitative estimate of drug-likeness (QED) is 0.218. The van der Waals surface area contributed by atoms with E-state index in [9.17, 15) is 5.26 Å². The van der Waals surface area contributed by atoms with Crippen LogP contribution in [0.25, 0.3) is 38.6 Å². The minimum Gasteiger partial charge on any atom is -0.310 e. The zero-order chi connectivity index (χ0) is 28.6. The normalized spacial score (nSPS) is 11.1. The van der Waals surface area contributed by atoms with Gasteiger partial charge >= 0.3 is 0 Å². The summed E-state index contributed by atoms with van der Waals surface area (Å²) >= 11 is 0. The highest BCUT2D eigenvalue weighted by atomic mass is 15.1. The number of rotatable bonds is 5. The van der Waals surface area contributed by atoms with Gasteiger partial charge in [-0.15, -0.1) is 0 Å². The van der Waals surface area contributed by atoms with Gasteiger partial charge in [0.25, 0.3) is 0 Å². The molecule has 7 rings (SSSR count). The maximum Gasteiger partial charge on any atom is 0.0992 e. The van der Waals surface area contributed by atoms with Gasteiger partial charge in [0.2, 0.25) is 0 Å². The number of hydrogen-bond donors (Lipinski definition) is 0. The molecule has 1 aromatic heterocycles. The Morgan fingerprint density at radius 3 is 2.05 bits per heavy atom. The summed E-state index contributed by atoms with van der Waals surface area (Å²) in [7, 11) is 0. The van der Waals surface area contributed by atoms with Crippen molar-refractivity contribution in [3.05, 3.63) is 156 Å². The predicted molar refractivity (Wildman–Crippen MR) is 175 cm³/mol. The molecule has 0 saturated carbocycles. The van der Waals surface area contributed by atoms with Crippen molar-refractivity contribution >= 4 is 38.9 Å².